The lowest BCUT2D eigenvalue weighted by Crippen LogP contribution is -2.26. The fourth-order valence-corrected chi connectivity index (χ4v) is 8.44. The van der Waals surface area contributed by atoms with E-state index in [1.165, 1.54) is 27.4 Å². The van der Waals surface area contributed by atoms with E-state index in [2.05, 4.69) is 132 Å². The molecule has 0 N–H and O–H groups in total. The van der Waals surface area contributed by atoms with Crippen molar-refractivity contribution in [3.8, 4) is 39.8 Å². The molecule has 1 aliphatic rings. The van der Waals surface area contributed by atoms with Gasteiger partial charge in [0.25, 0.3) is 0 Å². The zero-order chi connectivity index (χ0) is 34.6. The summed E-state index contributed by atoms with van der Waals surface area (Å²) in [5.41, 5.74) is 10.4. The fraction of sp³-hybridized carbons (Fsp3) is 0.0652. The number of rotatable bonds is 4. The molecule has 6 heteroatoms. The van der Waals surface area contributed by atoms with Gasteiger partial charge in [0.05, 0.1) is 22.4 Å². The summed E-state index contributed by atoms with van der Waals surface area (Å²) in [6.45, 7) is 4.58. The van der Waals surface area contributed by atoms with Gasteiger partial charge in [0.1, 0.15) is 28.6 Å². The Morgan fingerprint density at radius 1 is 0.538 bits per heavy atom. The average Bonchev–Trinajstić information content (AvgIpc) is 3.75. The molecule has 5 aromatic heterocycles. The molecule has 0 saturated heterocycles. The zero-order valence-electron chi connectivity index (χ0n) is 28.6. The van der Waals surface area contributed by atoms with Crippen molar-refractivity contribution in [3.05, 3.63) is 163 Å². The summed E-state index contributed by atoms with van der Waals surface area (Å²) < 4.78 is 11.3. The molecule has 1 aliphatic heterocycles. The first-order valence-electron chi connectivity index (χ1n) is 17.6. The van der Waals surface area contributed by atoms with Crippen molar-refractivity contribution in [2.45, 2.75) is 19.3 Å². The van der Waals surface area contributed by atoms with Gasteiger partial charge in [0.2, 0.25) is 0 Å². The molecule has 0 saturated carbocycles. The third-order valence-corrected chi connectivity index (χ3v) is 10.8. The maximum absolute atomic E-state index is 6.75. The third kappa shape index (κ3) is 3.97. The molecule has 0 bridgehead atoms. The van der Waals surface area contributed by atoms with E-state index in [0.717, 1.165) is 72.8 Å². The number of fused-ring (bicyclic) bond motifs is 11. The summed E-state index contributed by atoms with van der Waals surface area (Å²) in [6, 6.07) is 48.6. The van der Waals surface area contributed by atoms with Gasteiger partial charge in [-0.25, -0.2) is 15.0 Å². The van der Waals surface area contributed by atoms with E-state index in [-0.39, 0.29) is 5.41 Å². The lowest BCUT2D eigenvalue weighted by Gasteiger charge is -2.33. The van der Waals surface area contributed by atoms with Gasteiger partial charge in [-0.1, -0.05) is 98.8 Å². The number of aromatic nitrogens is 5. The summed E-state index contributed by atoms with van der Waals surface area (Å²) in [5.74, 6) is 2.46. The lowest BCUT2D eigenvalue weighted by molar-refractivity contribution is 0.484. The number of hydrogen-bond donors (Lipinski definition) is 0. The second-order valence-corrected chi connectivity index (χ2v) is 14.1. The first-order chi connectivity index (χ1) is 25.6. The highest BCUT2D eigenvalue weighted by atomic mass is 16.5. The van der Waals surface area contributed by atoms with Crippen LogP contribution in [0.15, 0.2) is 152 Å². The monoisotopic (exact) mass is 669 g/mol. The highest BCUT2D eigenvalue weighted by molar-refractivity contribution is 6.13. The Hall–Kier alpha value is -6.79. The minimum atomic E-state index is -0.170. The van der Waals surface area contributed by atoms with E-state index in [1.807, 2.05) is 42.7 Å². The van der Waals surface area contributed by atoms with Crippen LogP contribution in [-0.4, -0.2) is 23.9 Å². The second kappa shape index (κ2) is 10.6. The van der Waals surface area contributed by atoms with Crippen LogP contribution < -0.4 is 4.74 Å². The van der Waals surface area contributed by atoms with E-state index in [1.54, 1.807) is 0 Å². The van der Waals surface area contributed by atoms with Gasteiger partial charge in [-0.2, -0.15) is 0 Å². The number of imidazole rings is 1. The lowest BCUT2D eigenvalue weighted by atomic mass is 9.76. The van der Waals surface area contributed by atoms with Crippen molar-refractivity contribution < 1.29 is 4.74 Å². The first kappa shape index (κ1) is 29.0. The molecular formula is C46H31N5O. The van der Waals surface area contributed by atoms with Crippen LogP contribution in [0.3, 0.4) is 0 Å². The summed E-state index contributed by atoms with van der Waals surface area (Å²) in [4.78, 5) is 15.2. The standard InChI is InChI=1S/C46H31N5O/c1-46(2)37-18-9-16-34-33-23-21-31(27-39(33)50(42(34)37)45-38(46)19-11-25-48-45)52-30-20-22-32-35-17-10-24-47-43(35)51-41(29-14-7-4-8-15-29)40(28-12-5-3-6-13-28)49-44(51)36(32)26-30/h3-27H,1-2H3. The Balaban J connectivity index is 1.13. The smallest absolute Gasteiger partial charge is 0.147 e. The van der Waals surface area contributed by atoms with Crippen molar-refractivity contribution in [2.75, 3.05) is 0 Å². The SMILES string of the molecule is CC1(C)c2cccnc2-n2c3cc(Oc4ccc5c6cccnc6n6c(-c7ccccc7)c(-c7ccccc7)nc6c5c4)ccc3c3cccc1c32. The fourth-order valence-electron chi connectivity index (χ4n) is 8.44. The minimum Gasteiger partial charge on any atom is -0.457 e. The van der Waals surface area contributed by atoms with Crippen molar-refractivity contribution in [1.82, 2.24) is 23.9 Å². The molecule has 246 valence electrons. The summed E-state index contributed by atoms with van der Waals surface area (Å²) in [7, 11) is 0. The van der Waals surface area contributed by atoms with E-state index >= 15 is 0 Å². The molecule has 0 atom stereocenters. The van der Waals surface area contributed by atoms with Crippen LogP contribution in [0.4, 0.5) is 0 Å². The van der Waals surface area contributed by atoms with Crippen molar-refractivity contribution in [1.29, 1.82) is 0 Å². The molecular weight excluding hydrogens is 639 g/mol. The molecule has 52 heavy (non-hydrogen) atoms. The highest BCUT2D eigenvalue weighted by Gasteiger charge is 2.35. The van der Waals surface area contributed by atoms with Crippen LogP contribution >= 0.6 is 0 Å². The van der Waals surface area contributed by atoms with E-state index < -0.39 is 0 Å². The Labute approximate surface area is 299 Å². The topological polar surface area (TPSA) is 57.2 Å². The predicted octanol–water partition coefficient (Wildman–Crippen LogP) is 11.3. The molecule has 0 amide bonds. The van der Waals surface area contributed by atoms with E-state index in [0.29, 0.717) is 0 Å². The number of benzene rings is 5. The van der Waals surface area contributed by atoms with Gasteiger partial charge >= 0.3 is 0 Å². The van der Waals surface area contributed by atoms with Crippen molar-refractivity contribution in [3.63, 3.8) is 0 Å². The molecule has 0 unspecified atom stereocenters. The number of nitrogens with zero attached hydrogens (tertiary/aromatic N) is 5. The molecule has 5 aromatic carbocycles. The van der Waals surface area contributed by atoms with Crippen LogP contribution in [0.5, 0.6) is 11.5 Å². The number of ether oxygens (including phenoxy) is 1. The normalized spacial score (nSPS) is 13.3. The first-order valence-corrected chi connectivity index (χ1v) is 17.6. The quantitative estimate of drug-likeness (QED) is 0.175. The van der Waals surface area contributed by atoms with Crippen LogP contribution in [0.2, 0.25) is 0 Å². The number of para-hydroxylation sites is 1. The Morgan fingerprint density at radius 2 is 1.23 bits per heavy atom. The Kier molecular flexibility index (Phi) is 5.91. The van der Waals surface area contributed by atoms with Gasteiger partial charge in [-0.15, -0.1) is 0 Å². The Bertz CT molecular complexity index is 3070. The summed E-state index contributed by atoms with van der Waals surface area (Å²) in [6.07, 6.45) is 3.74. The second-order valence-electron chi connectivity index (χ2n) is 14.1. The van der Waals surface area contributed by atoms with Gasteiger partial charge in [-0.05, 0) is 59.5 Å². The number of hydrogen-bond acceptors (Lipinski definition) is 4. The maximum atomic E-state index is 6.75. The van der Waals surface area contributed by atoms with E-state index in [4.69, 9.17) is 19.7 Å². The van der Waals surface area contributed by atoms with Crippen molar-refractivity contribution >= 4 is 49.3 Å². The largest absolute Gasteiger partial charge is 0.457 e. The predicted molar refractivity (Wildman–Crippen MR) is 210 cm³/mol. The summed E-state index contributed by atoms with van der Waals surface area (Å²) >= 11 is 0. The van der Waals surface area contributed by atoms with Gasteiger partial charge in [0, 0.05) is 62.1 Å². The minimum absolute atomic E-state index is 0.170. The van der Waals surface area contributed by atoms with E-state index in [9.17, 15) is 0 Å². The molecule has 0 aliphatic carbocycles. The molecule has 6 heterocycles. The van der Waals surface area contributed by atoms with Crippen LogP contribution in [0.1, 0.15) is 25.0 Å². The zero-order valence-corrected chi connectivity index (χ0v) is 28.6. The molecule has 10 aromatic rings. The molecule has 6 nitrogen and oxygen atoms in total. The van der Waals surface area contributed by atoms with Crippen LogP contribution in [0.25, 0.3) is 77.6 Å². The molecule has 11 rings (SSSR count). The van der Waals surface area contributed by atoms with Gasteiger partial charge < -0.3 is 4.74 Å². The van der Waals surface area contributed by atoms with Crippen molar-refractivity contribution in [2.24, 2.45) is 0 Å². The van der Waals surface area contributed by atoms with Gasteiger partial charge in [0.15, 0.2) is 0 Å². The third-order valence-electron chi connectivity index (χ3n) is 10.8. The number of pyridine rings is 3. The molecule has 0 fully saturated rings. The van der Waals surface area contributed by atoms with Crippen LogP contribution in [-0.2, 0) is 5.41 Å². The molecule has 0 radical (unpaired) electrons. The van der Waals surface area contributed by atoms with Gasteiger partial charge in [-0.3, -0.25) is 8.97 Å². The highest BCUT2D eigenvalue weighted by Crippen LogP contribution is 2.47. The Morgan fingerprint density at radius 3 is 2.06 bits per heavy atom. The molecule has 0 spiro atoms. The average molecular weight is 670 g/mol. The summed E-state index contributed by atoms with van der Waals surface area (Å²) in [5, 5.41) is 5.52. The maximum Gasteiger partial charge on any atom is 0.147 e. The van der Waals surface area contributed by atoms with Crippen LogP contribution in [0, 0.1) is 0 Å².